The smallest absolute Gasteiger partial charge is 0.234 e. The Labute approximate surface area is 166 Å². The number of benzene rings is 1. The minimum Gasteiger partial charge on any atom is -0.326 e. The number of rotatable bonds is 8. The number of anilines is 3. The molecule has 0 aliphatic heterocycles. The van der Waals surface area contributed by atoms with Crippen LogP contribution in [0.3, 0.4) is 0 Å². The Hall–Kier alpha value is -2.39. The third-order valence-corrected chi connectivity index (χ3v) is 5.05. The van der Waals surface area contributed by atoms with Gasteiger partial charge in [-0.1, -0.05) is 13.8 Å². The SMILES string of the molecule is CC(=O)Nc1ccc(NC(=O)CSCc2csc(NC(=O)C(C)C)n2)cc1. The molecule has 1 aromatic carbocycles. The second-order valence-corrected chi connectivity index (χ2v) is 7.93. The van der Waals surface area contributed by atoms with Crippen molar-refractivity contribution in [3.05, 3.63) is 35.3 Å². The molecule has 9 heteroatoms. The van der Waals surface area contributed by atoms with Crippen LogP contribution in [0.1, 0.15) is 26.5 Å². The summed E-state index contributed by atoms with van der Waals surface area (Å²) in [6.45, 7) is 5.09. The predicted octanol–water partition coefficient (Wildman–Crippen LogP) is 3.57. The molecule has 3 amide bonds. The molecule has 0 atom stereocenters. The van der Waals surface area contributed by atoms with Crippen molar-refractivity contribution < 1.29 is 14.4 Å². The number of nitrogens with one attached hydrogen (secondary N) is 3. The van der Waals surface area contributed by atoms with Gasteiger partial charge in [-0.3, -0.25) is 14.4 Å². The van der Waals surface area contributed by atoms with E-state index in [1.165, 1.54) is 30.0 Å². The van der Waals surface area contributed by atoms with Crippen LogP contribution in [0.4, 0.5) is 16.5 Å². The first-order chi connectivity index (χ1) is 12.8. The molecular weight excluding hydrogens is 384 g/mol. The summed E-state index contributed by atoms with van der Waals surface area (Å²) in [7, 11) is 0. The van der Waals surface area contributed by atoms with E-state index in [-0.39, 0.29) is 23.6 Å². The molecule has 144 valence electrons. The zero-order valence-corrected chi connectivity index (χ0v) is 17.0. The van der Waals surface area contributed by atoms with Crippen LogP contribution in [0, 0.1) is 5.92 Å². The quantitative estimate of drug-likeness (QED) is 0.622. The Balaban J connectivity index is 1.74. The van der Waals surface area contributed by atoms with Crippen LogP contribution >= 0.6 is 23.1 Å². The fraction of sp³-hybridized carbons (Fsp3) is 0.333. The maximum Gasteiger partial charge on any atom is 0.234 e. The van der Waals surface area contributed by atoms with Gasteiger partial charge in [0, 0.05) is 35.3 Å². The van der Waals surface area contributed by atoms with Gasteiger partial charge in [-0.2, -0.15) is 0 Å². The van der Waals surface area contributed by atoms with Crippen molar-refractivity contribution in [3.8, 4) is 0 Å². The number of hydrogen-bond acceptors (Lipinski definition) is 6. The van der Waals surface area contributed by atoms with Gasteiger partial charge in [-0.15, -0.1) is 23.1 Å². The largest absolute Gasteiger partial charge is 0.326 e. The molecule has 27 heavy (non-hydrogen) atoms. The predicted molar refractivity (Wildman–Crippen MR) is 111 cm³/mol. The van der Waals surface area contributed by atoms with Gasteiger partial charge in [-0.05, 0) is 24.3 Å². The molecule has 0 aliphatic carbocycles. The number of nitrogens with zero attached hydrogens (tertiary/aromatic N) is 1. The highest BCUT2D eigenvalue weighted by molar-refractivity contribution is 7.99. The number of carbonyl (C=O) groups is 3. The molecule has 0 spiro atoms. The van der Waals surface area contributed by atoms with Gasteiger partial charge in [0.05, 0.1) is 11.4 Å². The summed E-state index contributed by atoms with van der Waals surface area (Å²) in [6.07, 6.45) is 0. The molecule has 1 heterocycles. The van der Waals surface area contributed by atoms with E-state index in [4.69, 9.17) is 0 Å². The summed E-state index contributed by atoms with van der Waals surface area (Å²) >= 11 is 2.82. The summed E-state index contributed by atoms with van der Waals surface area (Å²) in [5.74, 6) is 0.463. The molecule has 0 bridgehead atoms. The van der Waals surface area contributed by atoms with Crippen molar-refractivity contribution in [2.45, 2.75) is 26.5 Å². The molecule has 2 rings (SSSR count). The molecule has 0 fully saturated rings. The first kappa shape index (κ1) is 20.9. The minimum absolute atomic E-state index is 0.0625. The van der Waals surface area contributed by atoms with Crippen LogP contribution in [-0.2, 0) is 20.1 Å². The number of thioether (sulfide) groups is 1. The Kier molecular flexibility index (Phi) is 7.81. The van der Waals surface area contributed by atoms with Gasteiger partial charge in [0.15, 0.2) is 5.13 Å². The third-order valence-electron chi connectivity index (χ3n) is 3.28. The Morgan fingerprint density at radius 3 is 2.30 bits per heavy atom. The van der Waals surface area contributed by atoms with Crippen LogP contribution in [-0.4, -0.2) is 28.5 Å². The summed E-state index contributed by atoms with van der Waals surface area (Å²) < 4.78 is 0. The summed E-state index contributed by atoms with van der Waals surface area (Å²) in [4.78, 5) is 39.0. The number of carbonyl (C=O) groups excluding carboxylic acids is 3. The average Bonchev–Trinajstić information content (AvgIpc) is 3.03. The summed E-state index contributed by atoms with van der Waals surface area (Å²) in [5.41, 5.74) is 2.18. The fourth-order valence-electron chi connectivity index (χ4n) is 1.97. The van der Waals surface area contributed by atoms with E-state index in [1.807, 2.05) is 19.2 Å². The van der Waals surface area contributed by atoms with Crippen molar-refractivity contribution >= 4 is 57.3 Å². The highest BCUT2D eigenvalue weighted by atomic mass is 32.2. The number of aromatic nitrogens is 1. The zero-order chi connectivity index (χ0) is 19.8. The number of thiazole rings is 1. The van der Waals surface area contributed by atoms with Crippen LogP contribution in [0.25, 0.3) is 0 Å². The molecule has 0 saturated carbocycles. The van der Waals surface area contributed by atoms with Gasteiger partial charge in [0.1, 0.15) is 0 Å². The highest BCUT2D eigenvalue weighted by Crippen LogP contribution is 2.20. The molecule has 0 unspecified atom stereocenters. The van der Waals surface area contributed by atoms with Crippen LogP contribution in [0.5, 0.6) is 0 Å². The van der Waals surface area contributed by atoms with Gasteiger partial charge in [0.25, 0.3) is 0 Å². The van der Waals surface area contributed by atoms with Gasteiger partial charge < -0.3 is 16.0 Å². The maximum atomic E-state index is 12.0. The molecular formula is C18H22N4O3S2. The fourth-order valence-corrected chi connectivity index (χ4v) is 3.50. The molecule has 0 radical (unpaired) electrons. The van der Waals surface area contributed by atoms with E-state index >= 15 is 0 Å². The first-order valence-electron chi connectivity index (χ1n) is 8.34. The molecule has 0 saturated heterocycles. The normalized spacial score (nSPS) is 10.5. The molecule has 3 N–H and O–H groups in total. The van der Waals surface area contributed by atoms with Crippen molar-refractivity contribution in [1.82, 2.24) is 4.98 Å². The van der Waals surface area contributed by atoms with Crippen molar-refractivity contribution in [2.24, 2.45) is 5.92 Å². The minimum atomic E-state index is -0.142. The van der Waals surface area contributed by atoms with E-state index in [0.717, 1.165) is 5.69 Å². The first-order valence-corrected chi connectivity index (χ1v) is 10.4. The van der Waals surface area contributed by atoms with E-state index < -0.39 is 0 Å². The second-order valence-electron chi connectivity index (χ2n) is 6.09. The van der Waals surface area contributed by atoms with Crippen molar-refractivity contribution in [2.75, 3.05) is 21.7 Å². The molecule has 1 aromatic heterocycles. The van der Waals surface area contributed by atoms with Crippen LogP contribution in [0.15, 0.2) is 29.6 Å². The third kappa shape index (κ3) is 7.40. The van der Waals surface area contributed by atoms with E-state index in [9.17, 15) is 14.4 Å². The van der Waals surface area contributed by atoms with Gasteiger partial charge in [0.2, 0.25) is 17.7 Å². The number of amides is 3. The Bertz CT molecular complexity index is 803. The van der Waals surface area contributed by atoms with Crippen LogP contribution in [0.2, 0.25) is 0 Å². The standard InChI is InChI=1S/C18H22N4O3S2/c1-11(2)17(25)22-18-21-15(9-27-18)8-26-10-16(24)20-14-6-4-13(5-7-14)19-12(3)23/h4-7,9,11H,8,10H2,1-3H3,(H,19,23)(H,20,24)(H,21,22,25). The number of hydrogen-bond donors (Lipinski definition) is 3. The monoisotopic (exact) mass is 406 g/mol. The van der Waals surface area contributed by atoms with Gasteiger partial charge in [-0.25, -0.2) is 4.98 Å². The van der Waals surface area contributed by atoms with E-state index in [1.54, 1.807) is 24.3 Å². The summed E-state index contributed by atoms with van der Waals surface area (Å²) in [5, 5.41) is 10.7. The molecule has 0 aliphatic rings. The van der Waals surface area contributed by atoms with E-state index in [2.05, 4.69) is 20.9 Å². The van der Waals surface area contributed by atoms with E-state index in [0.29, 0.717) is 28.0 Å². The topological polar surface area (TPSA) is 100 Å². The Morgan fingerprint density at radius 1 is 1.07 bits per heavy atom. The van der Waals surface area contributed by atoms with Crippen molar-refractivity contribution in [1.29, 1.82) is 0 Å². The average molecular weight is 407 g/mol. The molecule has 7 nitrogen and oxygen atoms in total. The van der Waals surface area contributed by atoms with Gasteiger partial charge >= 0.3 is 0 Å². The lowest BCUT2D eigenvalue weighted by Crippen LogP contribution is -2.17. The Morgan fingerprint density at radius 2 is 1.70 bits per heavy atom. The maximum absolute atomic E-state index is 12.0. The van der Waals surface area contributed by atoms with Crippen molar-refractivity contribution in [3.63, 3.8) is 0 Å². The molecule has 2 aromatic rings. The summed E-state index contributed by atoms with van der Waals surface area (Å²) in [6, 6.07) is 6.93. The van der Waals surface area contributed by atoms with Crippen LogP contribution < -0.4 is 16.0 Å². The zero-order valence-electron chi connectivity index (χ0n) is 15.4. The lowest BCUT2D eigenvalue weighted by molar-refractivity contribution is -0.119. The lowest BCUT2D eigenvalue weighted by atomic mass is 10.2. The highest BCUT2D eigenvalue weighted by Gasteiger charge is 2.10. The lowest BCUT2D eigenvalue weighted by Gasteiger charge is -2.06. The second kappa shape index (κ2) is 10.1.